The van der Waals surface area contributed by atoms with E-state index in [0.717, 1.165) is 0 Å². The molecule has 0 unspecified atom stereocenters. The van der Waals surface area contributed by atoms with Crippen LogP contribution in [-0.4, -0.2) is 11.2 Å². The third-order valence-corrected chi connectivity index (χ3v) is 2.35. The van der Waals surface area contributed by atoms with Crippen molar-refractivity contribution in [3.8, 4) is 11.7 Å². The number of rotatable bonds is 4. The number of nitro benzene ring substituents is 1. The van der Waals surface area contributed by atoms with Gasteiger partial charge in [-0.2, -0.15) is 0 Å². The molecule has 0 N–H and O–H groups in total. The van der Waals surface area contributed by atoms with E-state index in [1.165, 1.54) is 30.3 Å². The Balaban J connectivity index is 2.24. The second kappa shape index (κ2) is 4.89. The smallest absolute Gasteiger partial charge is 0.290 e. The van der Waals surface area contributed by atoms with Crippen molar-refractivity contribution in [3.05, 3.63) is 51.2 Å². The molecule has 0 radical (unpaired) electrons. The summed E-state index contributed by atoms with van der Waals surface area (Å²) >= 11 is 5.82. The minimum atomic E-state index is -0.562. The summed E-state index contributed by atoms with van der Waals surface area (Å²) in [6.07, 6.45) is 0.532. The molecular weight excluding hydrogens is 262 g/mol. The molecule has 0 aliphatic rings. The Hall–Kier alpha value is -2.34. The number of aldehydes is 1. The predicted octanol–water partition coefficient (Wildman–Crippen LogP) is 3.45. The molecule has 2 aromatic rings. The molecule has 0 saturated heterocycles. The average molecular weight is 268 g/mol. The Bertz CT molecular complexity index is 607. The highest BCUT2D eigenvalue weighted by molar-refractivity contribution is 6.32. The van der Waals surface area contributed by atoms with E-state index in [2.05, 4.69) is 0 Å². The van der Waals surface area contributed by atoms with Crippen LogP contribution in [0.5, 0.6) is 11.7 Å². The SMILES string of the molecule is O=Cc1ccc(Oc2ccc([N+](=O)[O-])cc2Cl)o1. The molecule has 0 aliphatic heterocycles. The molecule has 1 heterocycles. The first-order valence-corrected chi connectivity index (χ1v) is 5.15. The van der Waals surface area contributed by atoms with Crippen LogP contribution >= 0.6 is 11.6 Å². The highest BCUT2D eigenvalue weighted by Crippen LogP contribution is 2.32. The molecule has 0 spiro atoms. The molecule has 92 valence electrons. The van der Waals surface area contributed by atoms with Gasteiger partial charge in [0.1, 0.15) is 5.75 Å². The zero-order valence-electron chi connectivity index (χ0n) is 8.83. The number of halogens is 1. The fourth-order valence-electron chi connectivity index (χ4n) is 1.25. The van der Waals surface area contributed by atoms with Crippen LogP contribution in [-0.2, 0) is 0 Å². The fraction of sp³-hybridized carbons (Fsp3) is 0. The van der Waals surface area contributed by atoms with Gasteiger partial charge in [0.05, 0.1) is 9.95 Å². The second-order valence-electron chi connectivity index (χ2n) is 3.25. The van der Waals surface area contributed by atoms with E-state index in [1.54, 1.807) is 0 Å². The Morgan fingerprint density at radius 3 is 2.67 bits per heavy atom. The quantitative estimate of drug-likeness (QED) is 0.481. The van der Waals surface area contributed by atoms with Crippen LogP contribution in [0.3, 0.4) is 0 Å². The van der Waals surface area contributed by atoms with Gasteiger partial charge in [0.25, 0.3) is 11.6 Å². The minimum Gasteiger partial charge on any atom is -0.424 e. The van der Waals surface area contributed by atoms with Gasteiger partial charge < -0.3 is 9.15 Å². The van der Waals surface area contributed by atoms with Gasteiger partial charge in [0.15, 0.2) is 12.0 Å². The van der Waals surface area contributed by atoms with Crippen molar-refractivity contribution < 1.29 is 18.9 Å². The number of benzene rings is 1. The summed E-state index contributed by atoms with van der Waals surface area (Å²) in [5, 5.41) is 10.6. The van der Waals surface area contributed by atoms with Crippen LogP contribution < -0.4 is 4.74 Å². The van der Waals surface area contributed by atoms with Crippen molar-refractivity contribution in [1.29, 1.82) is 0 Å². The van der Waals surface area contributed by atoms with Crippen LogP contribution in [0.4, 0.5) is 5.69 Å². The summed E-state index contributed by atoms with van der Waals surface area (Å²) in [6, 6.07) is 6.65. The highest BCUT2D eigenvalue weighted by Gasteiger charge is 2.12. The second-order valence-corrected chi connectivity index (χ2v) is 3.66. The van der Waals surface area contributed by atoms with Crippen LogP contribution in [0.2, 0.25) is 5.02 Å². The number of furan rings is 1. The molecule has 0 amide bonds. The fourth-order valence-corrected chi connectivity index (χ4v) is 1.46. The Kier molecular flexibility index (Phi) is 3.29. The lowest BCUT2D eigenvalue weighted by Gasteiger charge is -2.03. The first-order valence-electron chi connectivity index (χ1n) is 4.77. The maximum atomic E-state index is 10.5. The number of non-ortho nitro benzene ring substituents is 1. The van der Waals surface area contributed by atoms with Crippen molar-refractivity contribution in [2.45, 2.75) is 0 Å². The van der Waals surface area contributed by atoms with Gasteiger partial charge in [0.2, 0.25) is 0 Å². The molecular formula is C11H6ClNO5. The largest absolute Gasteiger partial charge is 0.424 e. The van der Waals surface area contributed by atoms with Crippen LogP contribution in [0.25, 0.3) is 0 Å². The van der Waals surface area contributed by atoms with Gasteiger partial charge in [-0.3, -0.25) is 14.9 Å². The van der Waals surface area contributed by atoms with E-state index in [4.69, 9.17) is 20.8 Å². The van der Waals surface area contributed by atoms with Crippen molar-refractivity contribution in [2.24, 2.45) is 0 Å². The van der Waals surface area contributed by atoms with Gasteiger partial charge in [-0.25, -0.2) is 0 Å². The molecule has 0 fully saturated rings. The Morgan fingerprint density at radius 1 is 1.33 bits per heavy atom. The molecule has 0 atom stereocenters. The number of hydrogen-bond acceptors (Lipinski definition) is 5. The van der Waals surface area contributed by atoms with Crippen molar-refractivity contribution in [1.82, 2.24) is 0 Å². The molecule has 1 aromatic carbocycles. The van der Waals surface area contributed by atoms with Gasteiger partial charge in [0, 0.05) is 18.2 Å². The molecule has 18 heavy (non-hydrogen) atoms. The maximum absolute atomic E-state index is 10.5. The first-order chi connectivity index (χ1) is 8.60. The summed E-state index contributed by atoms with van der Waals surface area (Å²) in [6.45, 7) is 0. The number of nitrogens with zero attached hydrogens (tertiary/aromatic N) is 1. The maximum Gasteiger partial charge on any atom is 0.290 e. The van der Waals surface area contributed by atoms with Gasteiger partial charge in [-0.15, -0.1) is 0 Å². The Morgan fingerprint density at radius 2 is 2.11 bits per heavy atom. The summed E-state index contributed by atoms with van der Waals surface area (Å²) in [5.74, 6) is 0.393. The third kappa shape index (κ3) is 2.49. The lowest BCUT2D eigenvalue weighted by molar-refractivity contribution is -0.384. The number of carbonyl (C=O) groups excluding carboxylic acids is 1. The molecule has 0 bridgehead atoms. The van der Waals surface area contributed by atoms with Crippen molar-refractivity contribution in [3.63, 3.8) is 0 Å². The zero-order chi connectivity index (χ0) is 13.1. The minimum absolute atomic E-state index is 0.0767. The van der Waals surface area contributed by atoms with Gasteiger partial charge >= 0.3 is 0 Å². The molecule has 0 aliphatic carbocycles. The molecule has 0 saturated carbocycles. The Labute approximate surface area is 106 Å². The van der Waals surface area contributed by atoms with Crippen LogP contribution in [0.15, 0.2) is 34.7 Å². The van der Waals surface area contributed by atoms with E-state index in [1.807, 2.05) is 0 Å². The molecule has 2 rings (SSSR count). The summed E-state index contributed by atoms with van der Waals surface area (Å²) < 4.78 is 10.2. The van der Waals surface area contributed by atoms with Gasteiger partial charge in [-0.1, -0.05) is 11.6 Å². The lowest BCUT2D eigenvalue weighted by atomic mass is 10.3. The van der Waals surface area contributed by atoms with E-state index in [-0.39, 0.29) is 28.2 Å². The summed E-state index contributed by atoms with van der Waals surface area (Å²) in [7, 11) is 0. The zero-order valence-corrected chi connectivity index (χ0v) is 9.59. The van der Waals surface area contributed by atoms with Gasteiger partial charge in [-0.05, 0) is 12.1 Å². The van der Waals surface area contributed by atoms with E-state index >= 15 is 0 Å². The highest BCUT2D eigenvalue weighted by atomic mass is 35.5. The van der Waals surface area contributed by atoms with Crippen molar-refractivity contribution >= 4 is 23.6 Å². The van der Waals surface area contributed by atoms with E-state index in [0.29, 0.717) is 6.29 Å². The lowest BCUT2D eigenvalue weighted by Crippen LogP contribution is -1.89. The summed E-state index contributed by atoms with van der Waals surface area (Å²) in [4.78, 5) is 20.4. The van der Waals surface area contributed by atoms with Crippen molar-refractivity contribution in [2.75, 3.05) is 0 Å². The predicted molar refractivity (Wildman–Crippen MR) is 62.3 cm³/mol. The van der Waals surface area contributed by atoms with E-state index < -0.39 is 4.92 Å². The number of nitro groups is 1. The number of carbonyl (C=O) groups is 1. The summed E-state index contributed by atoms with van der Waals surface area (Å²) in [5.41, 5.74) is -0.139. The normalized spacial score (nSPS) is 10.1. The molecule has 1 aromatic heterocycles. The third-order valence-electron chi connectivity index (χ3n) is 2.06. The van der Waals surface area contributed by atoms with E-state index in [9.17, 15) is 14.9 Å². The topological polar surface area (TPSA) is 82.6 Å². The number of ether oxygens (including phenoxy) is 1. The molecule has 6 nitrogen and oxygen atoms in total. The van der Waals surface area contributed by atoms with Crippen LogP contribution in [0, 0.1) is 10.1 Å². The first kappa shape index (κ1) is 12.1. The number of hydrogen-bond donors (Lipinski definition) is 0. The monoisotopic (exact) mass is 267 g/mol. The standard InChI is InChI=1S/C11H6ClNO5/c12-9-5-7(13(15)16)1-3-10(9)18-11-4-2-8(6-14)17-11/h1-6H. The van der Waals surface area contributed by atoms with Crippen LogP contribution in [0.1, 0.15) is 10.6 Å². The average Bonchev–Trinajstić information content (AvgIpc) is 2.79. The molecule has 7 heteroatoms.